The molecule has 0 atom stereocenters. The second kappa shape index (κ2) is 8.53. The summed E-state index contributed by atoms with van der Waals surface area (Å²) in [5.74, 6) is -0.0913. The third kappa shape index (κ3) is 4.68. The maximum absolute atomic E-state index is 12.3. The molecule has 4 rings (SSSR count). The number of benzene rings is 1. The molecule has 8 nitrogen and oxygen atoms in total. The van der Waals surface area contributed by atoms with Crippen LogP contribution in [0.5, 0.6) is 0 Å². The van der Waals surface area contributed by atoms with Gasteiger partial charge < -0.3 is 5.32 Å². The number of nitrogens with zero attached hydrogens (tertiary/aromatic N) is 5. The maximum atomic E-state index is 12.3. The van der Waals surface area contributed by atoms with E-state index < -0.39 is 0 Å². The fourth-order valence-electron chi connectivity index (χ4n) is 3.37. The zero-order valence-corrected chi connectivity index (χ0v) is 16.6. The number of rotatable bonds is 5. The number of thiazole rings is 1. The molecular weight excluding hydrogens is 388 g/mol. The first-order valence-corrected chi connectivity index (χ1v) is 10.2. The van der Waals surface area contributed by atoms with E-state index >= 15 is 0 Å². The largest absolute Gasteiger partial charge is 0.325 e. The number of carbonyl (C=O) groups excluding carboxylic acids is 1. The highest BCUT2D eigenvalue weighted by Gasteiger charge is 2.20. The average Bonchev–Trinajstić information content (AvgIpc) is 3.19. The zero-order chi connectivity index (χ0) is 20.2. The van der Waals surface area contributed by atoms with E-state index in [0.29, 0.717) is 29.3 Å². The molecule has 1 N–H and O–H groups in total. The standard InChI is InChI=1S/C20H20N6O2S/c21-12-15-2-1-3-16(10-15)22-18(27)14-25-6-4-24(5-7-25)13-17-11-19(28)26-8-9-29-20(26)23-17/h1-3,8-11H,4-7,13-14H2,(H,22,27). The van der Waals surface area contributed by atoms with Crippen molar-refractivity contribution in [2.24, 2.45) is 0 Å². The highest BCUT2D eigenvalue weighted by atomic mass is 32.1. The van der Waals surface area contributed by atoms with Gasteiger partial charge in [-0.2, -0.15) is 5.26 Å². The molecule has 1 aromatic carbocycles. The van der Waals surface area contributed by atoms with Gasteiger partial charge in [0.15, 0.2) is 4.96 Å². The molecule has 0 spiro atoms. The number of anilines is 1. The molecule has 0 saturated carbocycles. The first-order chi connectivity index (χ1) is 14.1. The minimum absolute atomic E-state index is 0.0537. The van der Waals surface area contributed by atoms with Crippen LogP contribution in [-0.4, -0.2) is 57.8 Å². The fourth-order valence-corrected chi connectivity index (χ4v) is 4.11. The number of hydrogen-bond acceptors (Lipinski definition) is 7. The molecule has 0 aliphatic carbocycles. The van der Waals surface area contributed by atoms with E-state index in [2.05, 4.69) is 26.2 Å². The predicted octanol–water partition coefficient (Wildman–Crippen LogP) is 1.38. The van der Waals surface area contributed by atoms with Crippen LogP contribution in [0.4, 0.5) is 5.69 Å². The Hall–Kier alpha value is -3.06. The summed E-state index contributed by atoms with van der Waals surface area (Å²) in [6.07, 6.45) is 1.74. The molecule has 3 heterocycles. The Labute approximate surface area is 171 Å². The summed E-state index contributed by atoms with van der Waals surface area (Å²) in [5, 5.41) is 13.6. The van der Waals surface area contributed by atoms with Gasteiger partial charge in [0.2, 0.25) is 5.91 Å². The molecule has 0 bridgehead atoms. The summed E-state index contributed by atoms with van der Waals surface area (Å²) >= 11 is 1.45. The maximum Gasteiger partial charge on any atom is 0.258 e. The predicted molar refractivity (Wildman–Crippen MR) is 111 cm³/mol. The summed E-state index contributed by atoms with van der Waals surface area (Å²) in [6, 6.07) is 10.5. The highest BCUT2D eigenvalue weighted by molar-refractivity contribution is 7.15. The second-order valence-electron chi connectivity index (χ2n) is 6.93. The van der Waals surface area contributed by atoms with Crippen molar-refractivity contribution < 1.29 is 4.79 Å². The molecule has 3 aromatic rings. The van der Waals surface area contributed by atoms with Crippen LogP contribution in [0.25, 0.3) is 4.96 Å². The Morgan fingerprint density at radius 2 is 2.00 bits per heavy atom. The number of amides is 1. The van der Waals surface area contributed by atoms with Crippen molar-refractivity contribution in [3.63, 3.8) is 0 Å². The van der Waals surface area contributed by atoms with E-state index in [4.69, 9.17) is 5.26 Å². The molecule has 0 radical (unpaired) electrons. The van der Waals surface area contributed by atoms with Crippen molar-refractivity contribution in [3.8, 4) is 6.07 Å². The van der Waals surface area contributed by atoms with Crippen molar-refractivity contribution in [1.29, 1.82) is 5.26 Å². The second-order valence-corrected chi connectivity index (χ2v) is 7.81. The van der Waals surface area contributed by atoms with E-state index in [1.165, 1.54) is 11.3 Å². The Bertz CT molecular complexity index is 1120. The Kier molecular flexibility index (Phi) is 5.67. The lowest BCUT2D eigenvalue weighted by atomic mass is 10.2. The average molecular weight is 408 g/mol. The minimum atomic E-state index is -0.0913. The Morgan fingerprint density at radius 1 is 1.21 bits per heavy atom. The summed E-state index contributed by atoms with van der Waals surface area (Å²) < 4.78 is 1.55. The third-order valence-electron chi connectivity index (χ3n) is 4.85. The van der Waals surface area contributed by atoms with E-state index in [0.717, 1.165) is 31.9 Å². The normalized spacial score (nSPS) is 15.3. The van der Waals surface area contributed by atoms with Gasteiger partial charge in [-0.1, -0.05) is 6.07 Å². The summed E-state index contributed by atoms with van der Waals surface area (Å²) in [4.78, 5) is 34.0. The van der Waals surface area contributed by atoms with Crippen LogP contribution in [0.3, 0.4) is 0 Å². The van der Waals surface area contributed by atoms with E-state index in [9.17, 15) is 9.59 Å². The first-order valence-electron chi connectivity index (χ1n) is 9.31. The van der Waals surface area contributed by atoms with Gasteiger partial charge in [0, 0.05) is 56.1 Å². The summed E-state index contributed by atoms with van der Waals surface area (Å²) in [7, 11) is 0. The van der Waals surface area contributed by atoms with E-state index in [-0.39, 0.29) is 11.5 Å². The lowest BCUT2D eigenvalue weighted by Crippen LogP contribution is -2.48. The lowest BCUT2D eigenvalue weighted by Gasteiger charge is -2.34. The topological polar surface area (TPSA) is 93.7 Å². The van der Waals surface area contributed by atoms with Crippen LogP contribution in [0, 0.1) is 11.3 Å². The van der Waals surface area contributed by atoms with Gasteiger partial charge in [-0.15, -0.1) is 11.3 Å². The van der Waals surface area contributed by atoms with Crippen LogP contribution in [-0.2, 0) is 11.3 Å². The molecule has 1 aliphatic rings. The number of nitrogens with one attached hydrogen (secondary N) is 1. The van der Waals surface area contributed by atoms with Crippen LogP contribution in [0.2, 0.25) is 0 Å². The lowest BCUT2D eigenvalue weighted by molar-refractivity contribution is -0.117. The number of hydrogen-bond donors (Lipinski definition) is 1. The van der Waals surface area contributed by atoms with Crippen LogP contribution in [0.1, 0.15) is 11.3 Å². The summed E-state index contributed by atoms with van der Waals surface area (Å²) in [6.45, 7) is 4.10. The molecule has 0 unspecified atom stereocenters. The third-order valence-corrected chi connectivity index (χ3v) is 5.61. The number of piperazine rings is 1. The fraction of sp³-hybridized carbons (Fsp3) is 0.300. The van der Waals surface area contributed by atoms with Crippen LogP contribution < -0.4 is 10.9 Å². The Balaban J connectivity index is 1.28. The number of carbonyl (C=O) groups is 1. The molecule has 9 heteroatoms. The minimum Gasteiger partial charge on any atom is -0.325 e. The molecule has 1 aliphatic heterocycles. The molecular formula is C20H20N6O2S. The van der Waals surface area contributed by atoms with Crippen molar-refractivity contribution in [3.05, 3.63) is 63.5 Å². The van der Waals surface area contributed by atoms with Crippen molar-refractivity contribution >= 4 is 27.9 Å². The van der Waals surface area contributed by atoms with Crippen LogP contribution >= 0.6 is 11.3 Å². The van der Waals surface area contributed by atoms with Gasteiger partial charge in [0.25, 0.3) is 5.56 Å². The van der Waals surface area contributed by atoms with Crippen molar-refractivity contribution in [2.45, 2.75) is 6.54 Å². The van der Waals surface area contributed by atoms with Crippen molar-refractivity contribution in [2.75, 3.05) is 38.0 Å². The number of fused-ring (bicyclic) bond motifs is 1. The monoisotopic (exact) mass is 408 g/mol. The Morgan fingerprint density at radius 3 is 2.79 bits per heavy atom. The van der Waals surface area contributed by atoms with Gasteiger partial charge in [0.05, 0.1) is 23.9 Å². The van der Waals surface area contributed by atoms with Crippen LogP contribution in [0.15, 0.2) is 46.7 Å². The molecule has 1 fully saturated rings. The quantitative estimate of drug-likeness (QED) is 0.686. The zero-order valence-electron chi connectivity index (χ0n) is 15.7. The van der Waals surface area contributed by atoms with Gasteiger partial charge in [-0.25, -0.2) is 4.98 Å². The van der Waals surface area contributed by atoms with Gasteiger partial charge in [0.1, 0.15) is 0 Å². The van der Waals surface area contributed by atoms with Gasteiger partial charge >= 0.3 is 0 Å². The van der Waals surface area contributed by atoms with Gasteiger partial charge in [-0.05, 0) is 18.2 Å². The smallest absolute Gasteiger partial charge is 0.258 e. The molecule has 1 amide bonds. The van der Waals surface area contributed by atoms with E-state index in [1.807, 2.05) is 5.38 Å². The highest BCUT2D eigenvalue weighted by Crippen LogP contribution is 2.12. The molecule has 2 aromatic heterocycles. The van der Waals surface area contributed by atoms with E-state index in [1.54, 1.807) is 40.9 Å². The molecule has 148 valence electrons. The summed E-state index contributed by atoms with van der Waals surface area (Å²) in [5.41, 5.74) is 1.88. The van der Waals surface area contributed by atoms with Gasteiger partial charge in [-0.3, -0.25) is 23.8 Å². The number of nitriles is 1. The number of aromatic nitrogens is 2. The first kappa shape index (κ1) is 19.3. The molecule has 1 saturated heterocycles. The SMILES string of the molecule is N#Cc1cccc(NC(=O)CN2CCN(Cc3cc(=O)n4ccsc4n3)CC2)c1. The molecule has 29 heavy (non-hydrogen) atoms. The van der Waals surface area contributed by atoms with Crippen molar-refractivity contribution in [1.82, 2.24) is 19.2 Å².